The molecular formula is C18H26N2. The Labute approximate surface area is 122 Å². The molecule has 5 rings (SSSR count). The summed E-state index contributed by atoms with van der Waals surface area (Å²) < 4.78 is 0. The average molecular weight is 270 g/mol. The monoisotopic (exact) mass is 270 g/mol. The van der Waals surface area contributed by atoms with Crippen molar-refractivity contribution >= 4 is 0 Å². The molecule has 1 aromatic carbocycles. The highest BCUT2D eigenvalue weighted by Gasteiger charge is 2.46. The van der Waals surface area contributed by atoms with E-state index in [0.29, 0.717) is 11.6 Å². The number of likely N-dealkylation sites (tertiary alicyclic amines) is 1. The third-order valence-electron chi connectivity index (χ3n) is 5.97. The summed E-state index contributed by atoms with van der Waals surface area (Å²) in [6.45, 7) is 3.77. The molecule has 3 saturated heterocycles. The topological polar surface area (TPSA) is 15.3 Å². The summed E-state index contributed by atoms with van der Waals surface area (Å²) in [6.07, 6.45) is 8.40. The first kappa shape index (κ1) is 12.8. The summed E-state index contributed by atoms with van der Waals surface area (Å²) in [7, 11) is 0. The van der Waals surface area contributed by atoms with E-state index < -0.39 is 0 Å². The normalized spacial score (nSPS) is 38.0. The Balaban J connectivity index is 1.63. The highest BCUT2D eigenvalue weighted by atomic mass is 15.3. The molecule has 1 atom stereocenters. The van der Waals surface area contributed by atoms with Crippen LogP contribution in [0.2, 0.25) is 0 Å². The van der Waals surface area contributed by atoms with Crippen LogP contribution < -0.4 is 5.32 Å². The number of rotatable bonds is 2. The van der Waals surface area contributed by atoms with E-state index in [1.807, 2.05) is 0 Å². The Morgan fingerprint density at radius 3 is 2.65 bits per heavy atom. The minimum absolute atomic E-state index is 0.448. The second-order valence-corrected chi connectivity index (χ2v) is 7.06. The van der Waals surface area contributed by atoms with E-state index in [1.165, 1.54) is 63.7 Å². The molecule has 1 unspecified atom stereocenters. The highest BCUT2D eigenvalue weighted by molar-refractivity contribution is 5.21. The fraction of sp³-hybridized carbons (Fsp3) is 0.667. The highest BCUT2D eigenvalue weighted by Crippen LogP contribution is 2.45. The molecule has 4 fully saturated rings. The first-order valence-corrected chi connectivity index (χ1v) is 8.40. The molecule has 3 aliphatic heterocycles. The van der Waals surface area contributed by atoms with Crippen molar-refractivity contribution in [1.29, 1.82) is 0 Å². The van der Waals surface area contributed by atoms with Gasteiger partial charge in [-0.1, -0.05) is 30.3 Å². The van der Waals surface area contributed by atoms with Crippen molar-refractivity contribution in [2.75, 3.05) is 19.6 Å². The molecule has 0 radical (unpaired) electrons. The van der Waals surface area contributed by atoms with Crippen molar-refractivity contribution in [3.63, 3.8) is 0 Å². The maximum atomic E-state index is 3.76. The van der Waals surface area contributed by atoms with Crippen molar-refractivity contribution in [2.45, 2.75) is 50.1 Å². The first-order chi connectivity index (χ1) is 9.87. The summed E-state index contributed by atoms with van der Waals surface area (Å²) in [4.78, 5) is 2.87. The fourth-order valence-electron chi connectivity index (χ4n) is 4.85. The van der Waals surface area contributed by atoms with E-state index in [0.717, 1.165) is 5.92 Å². The fourth-order valence-corrected chi connectivity index (χ4v) is 4.85. The van der Waals surface area contributed by atoms with E-state index in [-0.39, 0.29) is 0 Å². The zero-order valence-electron chi connectivity index (χ0n) is 12.4. The molecule has 1 saturated carbocycles. The molecule has 2 nitrogen and oxygen atoms in total. The van der Waals surface area contributed by atoms with Gasteiger partial charge in [-0.25, -0.2) is 0 Å². The third-order valence-corrected chi connectivity index (χ3v) is 5.97. The van der Waals surface area contributed by atoms with Gasteiger partial charge in [0.05, 0.1) is 0 Å². The van der Waals surface area contributed by atoms with Crippen molar-refractivity contribution < 1.29 is 0 Å². The van der Waals surface area contributed by atoms with Gasteiger partial charge >= 0.3 is 0 Å². The van der Waals surface area contributed by atoms with Crippen LogP contribution in [0.4, 0.5) is 0 Å². The minimum atomic E-state index is 0.448. The number of nitrogens with one attached hydrogen (secondary N) is 1. The lowest BCUT2D eigenvalue weighted by Gasteiger charge is -2.47. The van der Waals surface area contributed by atoms with Gasteiger partial charge in [0.2, 0.25) is 0 Å². The van der Waals surface area contributed by atoms with Gasteiger partial charge < -0.3 is 5.32 Å². The van der Waals surface area contributed by atoms with Crippen molar-refractivity contribution in [1.82, 2.24) is 10.2 Å². The Bertz CT molecular complexity index is 442. The molecule has 4 aliphatic rings. The Kier molecular flexibility index (Phi) is 3.31. The molecule has 1 aromatic rings. The standard InChI is InChI=1S/C18H26N2/c1-2-5-16(6-3-1)17-7-4-12-20(17)18-10-8-15(9-11-18)13-19-14-18/h1-3,5-6,15,17,19H,4,7-14H2. The quantitative estimate of drug-likeness (QED) is 0.886. The summed E-state index contributed by atoms with van der Waals surface area (Å²) >= 11 is 0. The van der Waals surface area contributed by atoms with Crippen LogP contribution in [0.1, 0.15) is 50.1 Å². The van der Waals surface area contributed by atoms with Crippen LogP contribution in [0.5, 0.6) is 0 Å². The SMILES string of the molecule is c1ccc(C2CCCN2C23CCC(CC2)CNC3)cc1. The molecule has 0 amide bonds. The number of hydrogen-bond acceptors (Lipinski definition) is 2. The van der Waals surface area contributed by atoms with E-state index in [1.54, 1.807) is 0 Å². The first-order valence-electron chi connectivity index (χ1n) is 8.40. The lowest BCUT2D eigenvalue weighted by molar-refractivity contribution is 0.0420. The zero-order chi connectivity index (χ0) is 13.4. The second kappa shape index (κ2) is 5.16. The van der Waals surface area contributed by atoms with Gasteiger partial charge in [0.1, 0.15) is 0 Å². The van der Waals surface area contributed by atoms with Crippen LogP contribution in [0.25, 0.3) is 0 Å². The summed E-state index contributed by atoms with van der Waals surface area (Å²) in [5.74, 6) is 0.948. The summed E-state index contributed by atoms with van der Waals surface area (Å²) in [6, 6.07) is 11.9. The Morgan fingerprint density at radius 1 is 1.05 bits per heavy atom. The van der Waals surface area contributed by atoms with Crippen LogP contribution in [-0.4, -0.2) is 30.1 Å². The van der Waals surface area contributed by atoms with Crippen LogP contribution >= 0.6 is 0 Å². The smallest absolute Gasteiger partial charge is 0.0354 e. The maximum Gasteiger partial charge on any atom is 0.0354 e. The van der Waals surface area contributed by atoms with Gasteiger partial charge in [0.25, 0.3) is 0 Å². The maximum absolute atomic E-state index is 3.76. The lowest BCUT2D eigenvalue weighted by atomic mass is 9.76. The predicted octanol–water partition coefficient (Wildman–Crippen LogP) is 3.36. The van der Waals surface area contributed by atoms with Crippen LogP contribution in [0.3, 0.4) is 0 Å². The van der Waals surface area contributed by atoms with E-state index >= 15 is 0 Å². The minimum Gasteiger partial charge on any atom is -0.315 e. The van der Waals surface area contributed by atoms with E-state index in [4.69, 9.17) is 0 Å². The van der Waals surface area contributed by atoms with Gasteiger partial charge in [-0.05, 0) is 63.1 Å². The molecule has 0 aromatic heterocycles. The number of benzene rings is 1. The molecule has 0 spiro atoms. The Hall–Kier alpha value is -0.860. The molecule has 1 aliphatic carbocycles. The number of fused-ring (bicyclic) bond motifs is 4. The molecule has 1 N–H and O–H groups in total. The van der Waals surface area contributed by atoms with Gasteiger partial charge in [0, 0.05) is 18.1 Å². The molecule has 3 heterocycles. The number of nitrogens with zero attached hydrogens (tertiary/aromatic N) is 1. The molecule has 20 heavy (non-hydrogen) atoms. The number of hydrogen-bond donors (Lipinski definition) is 1. The van der Waals surface area contributed by atoms with Gasteiger partial charge in [-0.2, -0.15) is 0 Å². The molecule has 2 heteroatoms. The second-order valence-electron chi connectivity index (χ2n) is 7.06. The van der Waals surface area contributed by atoms with Crippen molar-refractivity contribution in [3.05, 3.63) is 35.9 Å². The van der Waals surface area contributed by atoms with Gasteiger partial charge in [-0.15, -0.1) is 0 Å². The van der Waals surface area contributed by atoms with Crippen molar-refractivity contribution in [3.8, 4) is 0 Å². The largest absolute Gasteiger partial charge is 0.315 e. The van der Waals surface area contributed by atoms with Gasteiger partial charge in [-0.3, -0.25) is 4.90 Å². The van der Waals surface area contributed by atoms with Crippen LogP contribution in [0.15, 0.2) is 30.3 Å². The van der Waals surface area contributed by atoms with Crippen molar-refractivity contribution in [2.24, 2.45) is 5.92 Å². The van der Waals surface area contributed by atoms with Crippen LogP contribution in [-0.2, 0) is 0 Å². The summed E-state index contributed by atoms with van der Waals surface area (Å²) in [5, 5.41) is 3.76. The summed E-state index contributed by atoms with van der Waals surface area (Å²) in [5.41, 5.74) is 1.98. The van der Waals surface area contributed by atoms with E-state index in [9.17, 15) is 0 Å². The molecule has 108 valence electrons. The average Bonchev–Trinajstić information content (AvgIpc) is 2.81. The van der Waals surface area contributed by atoms with Gasteiger partial charge in [0.15, 0.2) is 0 Å². The molecular weight excluding hydrogens is 244 g/mol. The zero-order valence-corrected chi connectivity index (χ0v) is 12.4. The molecule has 2 bridgehead atoms. The lowest BCUT2D eigenvalue weighted by Crippen LogP contribution is -2.53. The third kappa shape index (κ3) is 2.10. The van der Waals surface area contributed by atoms with Crippen LogP contribution in [0, 0.1) is 5.92 Å². The predicted molar refractivity (Wildman–Crippen MR) is 82.7 cm³/mol. The van der Waals surface area contributed by atoms with E-state index in [2.05, 4.69) is 40.5 Å². The Morgan fingerprint density at radius 2 is 1.85 bits per heavy atom.